The van der Waals surface area contributed by atoms with Gasteiger partial charge in [-0.05, 0) is 0 Å². The maximum absolute atomic E-state index is 12.7. The van der Waals surface area contributed by atoms with Gasteiger partial charge in [-0.1, -0.05) is 24.3 Å². The van der Waals surface area contributed by atoms with E-state index in [1.807, 2.05) is 0 Å². The van der Waals surface area contributed by atoms with E-state index < -0.39 is 18.1 Å². The Balaban J connectivity index is 1.83. The van der Waals surface area contributed by atoms with Crippen molar-refractivity contribution >= 4 is 0 Å². The average molecular weight is 258 g/mol. The van der Waals surface area contributed by atoms with Crippen LogP contribution in [0.2, 0.25) is 0 Å². The molecule has 4 nitrogen and oxygen atoms in total. The Bertz CT molecular complexity index is 472. The summed E-state index contributed by atoms with van der Waals surface area (Å²) in [7, 11) is 0. The number of nitrogens with zero attached hydrogens (tertiary/aromatic N) is 2. The van der Waals surface area contributed by atoms with Crippen LogP contribution in [0.5, 0.6) is 0 Å². The lowest BCUT2D eigenvalue weighted by Crippen LogP contribution is -2.30. The van der Waals surface area contributed by atoms with Crippen molar-refractivity contribution in [3.05, 3.63) is 35.4 Å². The molecule has 1 aromatic rings. The number of ether oxygens (including phenoxy) is 2. The Labute approximate surface area is 100 Å². The number of halogens is 3. The quantitative estimate of drug-likeness (QED) is 0.818. The van der Waals surface area contributed by atoms with Gasteiger partial charge < -0.3 is 9.47 Å². The van der Waals surface area contributed by atoms with Gasteiger partial charge in [0, 0.05) is 11.1 Å². The fourth-order valence-electron chi connectivity index (χ4n) is 1.87. The second-order valence-electron chi connectivity index (χ2n) is 4.07. The molecule has 0 bridgehead atoms. The smallest absolute Gasteiger partial charge is 0.346 e. The molecule has 3 rings (SSSR count). The van der Waals surface area contributed by atoms with Crippen molar-refractivity contribution in [1.29, 1.82) is 0 Å². The molecule has 0 saturated carbocycles. The molecule has 1 fully saturated rings. The third-order valence-electron chi connectivity index (χ3n) is 2.90. The minimum Gasteiger partial charge on any atom is -0.346 e. The van der Waals surface area contributed by atoms with Crippen molar-refractivity contribution in [1.82, 2.24) is 0 Å². The van der Waals surface area contributed by atoms with Gasteiger partial charge >= 0.3 is 11.8 Å². The zero-order chi connectivity index (χ0) is 12.8. The molecule has 0 atom stereocenters. The molecule has 0 aliphatic carbocycles. The van der Waals surface area contributed by atoms with Crippen molar-refractivity contribution in [2.75, 3.05) is 13.2 Å². The highest BCUT2D eigenvalue weighted by atomic mass is 19.4. The van der Waals surface area contributed by atoms with Gasteiger partial charge in [-0.15, -0.1) is 10.2 Å². The van der Waals surface area contributed by atoms with Gasteiger partial charge in [0.05, 0.1) is 13.2 Å². The summed E-state index contributed by atoms with van der Waals surface area (Å²) in [5, 5.41) is 6.28. The fourth-order valence-corrected chi connectivity index (χ4v) is 1.87. The Morgan fingerprint density at radius 1 is 1.06 bits per heavy atom. The topological polar surface area (TPSA) is 43.2 Å². The van der Waals surface area contributed by atoms with E-state index in [2.05, 4.69) is 10.2 Å². The Morgan fingerprint density at radius 3 is 2.06 bits per heavy atom. The zero-order valence-corrected chi connectivity index (χ0v) is 9.15. The summed E-state index contributed by atoms with van der Waals surface area (Å²) in [6.07, 6.45) is -4.98. The summed E-state index contributed by atoms with van der Waals surface area (Å²) < 4.78 is 48.8. The van der Waals surface area contributed by atoms with E-state index in [0.29, 0.717) is 18.8 Å². The molecule has 0 spiro atoms. The number of hydrogen-bond acceptors (Lipinski definition) is 4. The first-order valence-electron chi connectivity index (χ1n) is 5.37. The molecule has 96 valence electrons. The summed E-state index contributed by atoms with van der Waals surface area (Å²) in [5.41, 5.74) is -1.66. The molecule has 7 heteroatoms. The van der Waals surface area contributed by atoms with Gasteiger partial charge in [0.15, 0.2) is 6.29 Å². The predicted octanol–water partition coefficient (Wildman–Crippen LogP) is 2.91. The maximum Gasteiger partial charge on any atom is 0.442 e. The van der Waals surface area contributed by atoms with Crippen LogP contribution in [0.25, 0.3) is 0 Å². The summed E-state index contributed by atoms with van der Waals surface area (Å²) in [6, 6.07) is 5.80. The largest absolute Gasteiger partial charge is 0.442 e. The first-order valence-corrected chi connectivity index (χ1v) is 5.37. The van der Waals surface area contributed by atoms with E-state index in [-0.39, 0.29) is 5.56 Å². The van der Waals surface area contributed by atoms with Crippen molar-refractivity contribution in [2.45, 2.75) is 18.1 Å². The molecule has 0 unspecified atom stereocenters. The molecule has 2 aliphatic rings. The SMILES string of the molecule is FC(F)(F)C1(c2ccc(C3OCCO3)cc2)N=N1. The summed E-state index contributed by atoms with van der Waals surface area (Å²) in [4.78, 5) is 0. The molecule has 2 heterocycles. The van der Waals surface area contributed by atoms with E-state index in [1.165, 1.54) is 12.1 Å². The van der Waals surface area contributed by atoms with Crippen LogP contribution in [-0.2, 0) is 15.1 Å². The molecule has 1 aromatic carbocycles. The van der Waals surface area contributed by atoms with E-state index in [0.717, 1.165) is 0 Å². The highest BCUT2D eigenvalue weighted by molar-refractivity contribution is 5.33. The lowest BCUT2D eigenvalue weighted by Gasteiger charge is -2.16. The van der Waals surface area contributed by atoms with E-state index >= 15 is 0 Å². The highest BCUT2D eigenvalue weighted by Gasteiger charge is 2.65. The number of benzene rings is 1. The van der Waals surface area contributed by atoms with Crippen molar-refractivity contribution < 1.29 is 22.6 Å². The molecule has 2 aliphatic heterocycles. The number of alkyl halides is 3. The third-order valence-corrected chi connectivity index (χ3v) is 2.90. The number of rotatable bonds is 2. The average Bonchev–Trinajstić information content (AvgIpc) is 2.99. The standard InChI is InChI=1S/C11H9F3N2O2/c12-11(13,14)10(15-16-10)8-3-1-7(2-4-8)9-17-5-6-18-9/h1-4,9H,5-6H2. The molecule has 0 aromatic heterocycles. The minimum atomic E-state index is -4.49. The van der Waals surface area contributed by atoms with Crippen LogP contribution in [-0.4, -0.2) is 19.4 Å². The summed E-state index contributed by atoms with van der Waals surface area (Å²) in [6.45, 7) is 0.979. The lowest BCUT2D eigenvalue weighted by molar-refractivity contribution is -0.166. The third kappa shape index (κ3) is 1.70. The maximum atomic E-state index is 12.7. The van der Waals surface area contributed by atoms with Gasteiger partial charge in [0.2, 0.25) is 0 Å². The molecule has 0 N–H and O–H groups in total. The van der Waals surface area contributed by atoms with Crippen molar-refractivity contribution in [2.24, 2.45) is 10.2 Å². The second-order valence-corrected chi connectivity index (χ2v) is 4.07. The molecule has 1 saturated heterocycles. The van der Waals surface area contributed by atoms with Crippen molar-refractivity contribution in [3.8, 4) is 0 Å². The Morgan fingerprint density at radius 2 is 1.61 bits per heavy atom. The van der Waals surface area contributed by atoms with Gasteiger partial charge in [-0.2, -0.15) is 13.2 Å². The lowest BCUT2D eigenvalue weighted by atomic mass is 10.0. The minimum absolute atomic E-state index is 0.0109. The molecule has 18 heavy (non-hydrogen) atoms. The van der Waals surface area contributed by atoms with E-state index in [1.54, 1.807) is 12.1 Å². The van der Waals surface area contributed by atoms with Crippen LogP contribution in [0.15, 0.2) is 34.5 Å². The van der Waals surface area contributed by atoms with Gasteiger partial charge in [-0.3, -0.25) is 0 Å². The first kappa shape index (κ1) is 11.6. The molecular weight excluding hydrogens is 249 g/mol. The van der Waals surface area contributed by atoms with Crippen LogP contribution in [0.3, 0.4) is 0 Å². The molecule has 0 radical (unpaired) electrons. The first-order chi connectivity index (χ1) is 8.53. The highest BCUT2D eigenvalue weighted by Crippen LogP contribution is 2.52. The van der Waals surface area contributed by atoms with Gasteiger partial charge in [0.1, 0.15) is 0 Å². The second kappa shape index (κ2) is 3.76. The van der Waals surface area contributed by atoms with Gasteiger partial charge in [0.25, 0.3) is 0 Å². The summed E-state index contributed by atoms with van der Waals surface area (Å²) in [5.74, 6) is 0. The normalized spacial score (nSPS) is 22.4. The fraction of sp³-hybridized carbons (Fsp3) is 0.455. The van der Waals surface area contributed by atoms with Crippen LogP contribution in [0.1, 0.15) is 17.4 Å². The van der Waals surface area contributed by atoms with Crippen LogP contribution in [0.4, 0.5) is 13.2 Å². The van der Waals surface area contributed by atoms with Crippen LogP contribution >= 0.6 is 0 Å². The monoisotopic (exact) mass is 258 g/mol. The van der Waals surface area contributed by atoms with Crippen LogP contribution in [0, 0.1) is 0 Å². The van der Waals surface area contributed by atoms with E-state index in [9.17, 15) is 13.2 Å². The summed E-state index contributed by atoms with van der Waals surface area (Å²) >= 11 is 0. The van der Waals surface area contributed by atoms with Gasteiger partial charge in [-0.25, -0.2) is 0 Å². The predicted molar refractivity (Wildman–Crippen MR) is 53.7 cm³/mol. The van der Waals surface area contributed by atoms with Crippen LogP contribution < -0.4 is 0 Å². The zero-order valence-electron chi connectivity index (χ0n) is 9.15. The molecular formula is C11H9F3N2O2. The van der Waals surface area contributed by atoms with E-state index in [4.69, 9.17) is 9.47 Å². The number of hydrogen-bond donors (Lipinski definition) is 0. The Kier molecular flexibility index (Phi) is 2.43. The van der Waals surface area contributed by atoms with Crippen molar-refractivity contribution in [3.63, 3.8) is 0 Å². The molecule has 0 amide bonds. The Hall–Kier alpha value is -1.47.